The minimum Gasteiger partial charge on any atom is -0.497 e. The van der Waals surface area contributed by atoms with Crippen LogP contribution in [-0.2, 0) is 18.9 Å². The summed E-state index contributed by atoms with van der Waals surface area (Å²) in [6, 6.07) is 10.8. The molecule has 0 saturated heterocycles. The molecule has 1 heterocycles. The lowest BCUT2D eigenvalue weighted by atomic mass is 10.3. The van der Waals surface area contributed by atoms with Gasteiger partial charge < -0.3 is 47.4 Å². The number of fused-ring (bicyclic) bond motifs is 2. The highest BCUT2D eigenvalue weighted by atomic mass is 16.6. The molecule has 3 rings (SSSR count). The normalized spacial score (nSPS) is 17.4. The van der Waals surface area contributed by atoms with Gasteiger partial charge in [-0.2, -0.15) is 0 Å². The zero-order chi connectivity index (χ0) is 25.3. The van der Waals surface area contributed by atoms with Gasteiger partial charge in [-0.15, -0.1) is 0 Å². The smallest absolute Gasteiger partial charge is 0.164 e. The lowest BCUT2D eigenvalue weighted by Gasteiger charge is -2.15. The highest BCUT2D eigenvalue weighted by Crippen LogP contribution is 2.32. The molecule has 0 spiro atoms. The lowest BCUT2D eigenvalue weighted by molar-refractivity contribution is 0.0223. The second kappa shape index (κ2) is 16.7. The van der Waals surface area contributed by atoms with Crippen molar-refractivity contribution in [2.75, 3.05) is 93.5 Å². The summed E-state index contributed by atoms with van der Waals surface area (Å²) in [5.74, 6) is 3.76. The van der Waals surface area contributed by atoms with Crippen LogP contribution in [0.2, 0.25) is 0 Å². The van der Waals surface area contributed by atoms with Crippen LogP contribution in [0.1, 0.15) is 0 Å². The summed E-state index contributed by atoms with van der Waals surface area (Å²) < 4.78 is 56.3. The molecule has 2 aromatic carbocycles. The monoisotopic (exact) mass is 508 g/mol. The maximum absolute atomic E-state index is 5.85. The highest BCUT2D eigenvalue weighted by molar-refractivity contribution is 5.46. The Morgan fingerprint density at radius 1 is 0.417 bits per heavy atom. The van der Waals surface area contributed by atoms with E-state index in [4.69, 9.17) is 47.4 Å². The Balaban J connectivity index is 1.50. The number of hydrogen-bond acceptors (Lipinski definition) is 10. The molecule has 0 unspecified atom stereocenters. The fourth-order valence-corrected chi connectivity index (χ4v) is 3.18. The largest absolute Gasteiger partial charge is 0.497 e. The Bertz CT molecular complexity index is 804. The summed E-state index contributed by atoms with van der Waals surface area (Å²) in [4.78, 5) is 0. The van der Waals surface area contributed by atoms with Crippen LogP contribution in [0.4, 0.5) is 0 Å². The predicted octanol–water partition coefficient (Wildman–Crippen LogP) is 3.00. The van der Waals surface area contributed by atoms with Gasteiger partial charge in [0.1, 0.15) is 37.9 Å². The molecule has 10 nitrogen and oxygen atoms in total. The quantitative estimate of drug-likeness (QED) is 0.603. The first-order chi connectivity index (χ1) is 17.8. The average molecular weight is 509 g/mol. The minimum absolute atomic E-state index is 0.362. The van der Waals surface area contributed by atoms with E-state index in [2.05, 4.69) is 0 Å². The van der Waals surface area contributed by atoms with E-state index in [0.29, 0.717) is 114 Å². The van der Waals surface area contributed by atoms with Crippen molar-refractivity contribution >= 4 is 0 Å². The summed E-state index contributed by atoms with van der Waals surface area (Å²) in [6.07, 6.45) is 0. The Hall–Kier alpha value is -2.92. The number of hydrogen-bond donors (Lipinski definition) is 0. The van der Waals surface area contributed by atoms with Crippen molar-refractivity contribution < 1.29 is 47.4 Å². The summed E-state index contributed by atoms with van der Waals surface area (Å²) in [6.45, 7) is 4.90. The van der Waals surface area contributed by atoms with Crippen LogP contribution < -0.4 is 28.4 Å². The third-order valence-electron chi connectivity index (χ3n) is 4.99. The molecular weight excluding hydrogens is 472 g/mol. The molecule has 0 radical (unpaired) electrons. The molecule has 0 aliphatic carbocycles. The molecular formula is C26H36O10. The van der Waals surface area contributed by atoms with Crippen molar-refractivity contribution in [1.29, 1.82) is 0 Å². The van der Waals surface area contributed by atoms with Crippen molar-refractivity contribution in [3.8, 4) is 34.5 Å². The Kier molecular flexibility index (Phi) is 12.8. The molecule has 0 saturated carbocycles. The standard InChI is InChI=1S/C26H36O10/c1-27-21-3-5-23-25(19-21)35-17-13-31-9-7-30-12-16-34-24-6-4-22(28-2)20-26(24)36-18-14-32-10-8-29-11-15-33-23/h3-6,19-20H,7-18H2,1-2H3. The Morgan fingerprint density at radius 3 is 1.06 bits per heavy atom. The highest BCUT2D eigenvalue weighted by Gasteiger charge is 2.09. The van der Waals surface area contributed by atoms with Gasteiger partial charge in [-0.1, -0.05) is 0 Å². The van der Waals surface area contributed by atoms with E-state index in [1.807, 2.05) is 24.3 Å². The summed E-state index contributed by atoms with van der Waals surface area (Å²) >= 11 is 0. The van der Waals surface area contributed by atoms with Crippen molar-refractivity contribution in [2.24, 2.45) is 0 Å². The average Bonchev–Trinajstić information content (AvgIpc) is 2.91. The van der Waals surface area contributed by atoms with Gasteiger partial charge in [0.05, 0.1) is 67.1 Å². The van der Waals surface area contributed by atoms with Crippen LogP contribution >= 0.6 is 0 Å². The first-order valence-corrected chi connectivity index (χ1v) is 12.0. The van der Waals surface area contributed by atoms with E-state index in [1.54, 1.807) is 26.4 Å². The molecule has 36 heavy (non-hydrogen) atoms. The zero-order valence-corrected chi connectivity index (χ0v) is 21.0. The van der Waals surface area contributed by atoms with Gasteiger partial charge in [0.2, 0.25) is 0 Å². The fourth-order valence-electron chi connectivity index (χ4n) is 3.18. The summed E-state index contributed by atoms with van der Waals surface area (Å²) in [5.41, 5.74) is 0. The van der Waals surface area contributed by atoms with E-state index in [-0.39, 0.29) is 0 Å². The maximum Gasteiger partial charge on any atom is 0.164 e. The van der Waals surface area contributed by atoms with Crippen LogP contribution in [0.3, 0.4) is 0 Å². The third-order valence-corrected chi connectivity index (χ3v) is 4.99. The van der Waals surface area contributed by atoms with E-state index in [9.17, 15) is 0 Å². The first kappa shape index (κ1) is 27.7. The van der Waals surface area contributed by atoms with Crippen LogP contribution in [0.15, 0.2) is 36.4 Å². The van der Waals surface area contributed by atoms with Crippen molar-refractivity contribution in [3.05, 3.63) is 36.4 Å². The van der Waals surface area contributed by atoms with Crippen molar-refractivity contribution in [3.63, 3.8) is 0 Å². The molecule has 0 bridgehead atoms. The van der Waals surface area contributed by atoms with Gasteiger partial charge in [0, 0.05) is 12.1 Å². The molecule has 1 aliphatic heterocycles. The van der Waals surface area contributed by atoms with Gasteiger partial charge in [-0.05, 0) is 24.3 Å². The Morgan fingerprint density at radius 2 is 0.722 bits per heavy atom. The topological polar surface area (TPSA) is 92.3 Å². The third kappa shape index (κ3) is 9.98. The molecule has 0 aromatic heterocycles. The van der Waals surface area contributed by atoms with Crippen molar-refractivity contribution in [1.82, 2.24) is 0 Å². The molecule has 0 N–H and O–H groups in total. The maximum atomic E-state index is 5.85. The molecule has 10 heteroatoms. The summed E-state index contributed by atoms with van der Waals surface area (Å²) in [5, 5.41) is 0. The number of rotatable bonds is 2. The molecule has 1 aliphatic rings. The van der Waals surface area contributed by atoms with Gasteiger partial charge >= 0.3 is 0 Å². The van der Waals surface area contributed by atoms with Crippen LogP contribution in [0, 0.1) is 0 Å². The molecule has 0 amide bonds. The number of benzene rings is 2. The van der Waals surface area contributed by atoms with Crippen LogP contribution in [0.25, 0.3) is 0 Å². The molecule has 0 atom stereocenters. The molecule has 200 valence electrons. The first-order valence-electron chi connectivity index (χ1n) is 12.0. The second-order valence-corrected chi connectivity index (χ2v) is 7.47. The number of methoxy groups -OCH3 is 2. The van der Waals surface area contributed by atoms with Gasteiger partial charge in [0.15, 0.2) is 23.0 Å². The number of ether oxygens (including phenoxy) is 10. The summed E-state index contributed by atoms with van der Waals surface area (Å²) in [7, 11) is 3.21. The van der Waals surface area contributed by atoms with Gasteiger partial charge in [-0.3, -0.25) is 0 Å². The van der Waals surface area contributed by atoms with Crippen molar-refractivity contribution in [2.45, 2.75) is 0 Å². The van der Waals surface area contributed by atoms with Crippen LogP contribution in [-0.4, -0.2) is 93.5 Å². The van der Waals surface area contributed by atoms with Gasteiger partial charge in [-0.25, -0.2) is 0 Å². The second-order valence-electron chi connectivity index (χ2n) is 7.47. The zero-order valence-electron chi connectivity index (χ0n) is 21.0. The van der Waals surface area contributed by atoms with E-state index < -0.39 is 0 Å². The lowest BCUT2D eigenvalue weighted by Crippen LogP contribution is -2.15. The minimum atomic E-state index is 0.362. The van der Waals surface area contributed by atoms with E-state index in [0.717, 1.165) is 0 Å². The molecule has 2 aromatic rings. The SMILES string of the molecule is COc1ccc2c(c1)OCCOCCOCCOc1ccc(OC)cc1OCCOCCOCCO2. The molecule has 0 fully saturated rings. The Labute approximate surface area is 212 Å². The van der Waals surface area contributed by atoms with Crippen LogP contribution in [0.5, 0.6) is 34.5 Å². The fraction of sp³-hybridized carbons (Fsp3) is 0.538. The van der Waals surface area contributed by atoms with E-state index >= 15 is 0 Å². The van der Waals surface area contributed by atoms with E-state index in [1.165, 1.54) is 0 Å². The van der Waals surface area contributed by atoms with Gasteiger partial charge in [0.25, 0.3) is 0 Å². The predicted molar refractivity (Wildman–Crippen MR) is 131 cm³/mol.